The first-order valence-corrected chi connectivity index (χ1v) is 9.02. The third kappa shape index (κ3) is 2.84. The van der Waals surface area contributed by atoms with Gasteiger partial charge in [0.05, 0.1) is 0 Å². The van der Waals surface area contributed by atoms with E-state index in [0.29, 0.717) is 11.3 Å². The van der Waals surface area contributed by atoms with E-state index >= 15 is 0 Å². The van der Waals surface area contributed by atoms with Gasteiger partial charge in [-0.3, -0.25) is 0 Å². The number of thiol groups is 1. The zero-order valence-corrected chi connectivity index (χ0v) is 13.2. The molecule has 1 saturated heterocycles. The second-order valence-corrected chi connectivity index (χ2v) is 7.95. The predicted octanol–water partition coefficient (Wildman–Crippen LogP) is 4.48. The average Bonchev–Trinajstić information content (AvgIpc) is 3.01. The van der Waals surface area contributed by atoms with Crippen LogP contribution in [0.5, 0.6) is 5.75 Å². The van der Waals surface area contributed by atoms with E-state index in [0.717, 1.165) is 5.39 Å². The lowest BCUT2D eigenvalue weighted by Crippen LogP contribution is -2.08. The highest BCUT2D eigenvalue weighted by Crippen LogP contribution is 2.47. The van der Waals surface area contributed by atoms with Crippen molar-refractivity contribution in [3.05, 3.63) is 48.6 Å². The van der Waals surface area contributed by atoms with Crippen molar-refractivity contribution in [1.29, 1.82) is 0 Å². The van der Waals surface area contributed by atoms with Gasteiger partial charge in [0.25, 0.3) is 0 Å². The van der Waals surface area contributed by atoms with Crippen molar-refractivity contribution < 1.29 is 9.53 Å². The molecule has 1 aliphatic rings. The summed E-state index contributed by atoms with van der Waals surface area (Å²) in [6.07, 6.45) is 2.68. The van der Waals surface area contributed by atoms with E-state index in [9.17, 15) is 4.79 Å². The van der Waals surface area contributed by atoms with Gasteiger partial charge in [0.2, 0.25) is 0 Å². The van der Waals surface area contributed by atoms with E-state index < -0.39 is 0 Å². The highest BCUT2D eigenvalue weighted by Gasteiger charge is 2.17. The molecular formula is C18H20O2S. The third-order valence-corrected chi connectivity index (χ3v) is 6.64. The van der Waals surface area contributed by atoms with Crippen LogP contribution in [-0.4, -0.2) is 17.5 Å². The van der Waals surface area contributed by atoms with Crippen molar-refractivity contribution in [2.24, 2.45) is 0 Å². The maximum Gasteiger partial charge on any atom is 0.338 e. The van der Waals surface area contributed by atoms with Gasteiger partial charge in [-0.25, -0.2) is 15.7 Å². The monoisotopic (exact) mass is 300 g/mol. The van der Waals surface area contributed by atoms with Gasteiger partial charge in [-0.1, -0.05) is 30.8 Å². The number of esters is 1. The van der Waals surface area contributed by atoms with Crippen LogP contribution in [0.2, 0.25) is 0 Å². The molecule has 0 atom stereocenters. The lowest BCUT2D eigenvalue weighted by atomic mass is 10.1. The fraction of sp³-hybridized carbons (Fsp3) is 0.278. The smallest absolute Gasteiger partial charge is 0.338 e. The maximum atomic E-state index is 11.8. The van der Waals surface area contributed by atoms with Gasteiger partial charge >= 0.3 is 5.97 Å². The maximum absolute atomic E-state index is 11.8. The number of carbonyl (C=O) groups excluding carboxylic acids is 1. The minimum absolute atomic E-state index is 0.0432. The Balaban J connectivity index is 2.06. The van der Waals surface area contributed by atoms with Gasteiger partial charge in [-0.05, 0) is 53.7 Å². The molecule has 1 heterocycles. The molecule has 0 saturated carbocycles. The Labute approximate surface area is 128 Å². The largest absolute Gasteiger partial charge is 0.423 e. The SMILES string of the molecule is C=C(C)C(=O)Oc1ccc([SH]2CCCC2)c2ccccc12. The van der Waals surface area contributed by atoms with E-state index in [4.69, 9.17) is 4.74 Å². The fourth-order valence-electron chi connectivity index (χ4n) is 2.77. The van der Waals surface area contributed by atoms with Crippen molar-refractivity contribution in [3.8, 4) is 5.75 Å². The summed E-state index contributed by atoms with van der Waals surface area (Å²) < 4.78 is 5.48. The molecule has 21 heavy (non-hydrogen) atoms. The van der Waals surface area contributed by atoms with Gasteiger partial charge < -0.3 is 4.74 Å². The molecule has 0 radical (unpaired) electrons. The second-order valence-electron chi connectivity index (χ2n) is 5.49. The summed E-state index contributed by atoms with van der Waals surface area (Å²) in [6.45, 7) is 5.31. The highest BCUT2D eigenvalue weighted by atomic mass is 32.2. The van der Waals surface area contributed by atoms with Crippen LogP contribution in [0.4, 0.5) is 0 Å². The molecule has 3 rings (SSSR count). The standard InChI is InChI=1S/C18H20O2S/c1-13(2)18(19)20-16-9-10-17(21-11-5-6-12-21)15-8-4-3-7-14(15)16/h3-4,7-10,21H,1,5-6,11-12H2,2H3. The molecule has 0 aromatic heterocycles. The van der Waals surface area contributed by atoms with E-state index in [1.807, 2.05) is 18.2 Å². The second kappa shape index (κ2) is 5.94. The summed E-state index contributed by atoms with van der Waals surface area (Å²) in [4.78, 5) is 13.2. The van der Waals surface area contributed by atoms with Crippen molar-refractivity contribution >= 4 is 27.6 Å². The van der Waals surface area contributed by atoms with Gasteiger partial charge in [0.15, 0.2) is 0 Å². The van der Waals surface area contributed by atoms with Crippen LogP contribution in [0.15, 0.2) is 53.4 Å². The molecular weight excluding hydrogens is 280 g/mol. The van der Waals surface area contributed by atoms with Gasteiger partial charge in [0.1, 0.15) is 5.75 Å². The minimum atomic E-state index is -0.362. The third-order valence-electron chi connectivity index (χ3n) is 3.86. The minimum Gasteiger partial charge on any atom is -0.423 e. The number of rotatable bonds is 3. The summed E-state index contributed by atoms with van der Waals surface area (Å²) in [5.74, 6) is 2.92. The zero-order chi connectivity index (χ0) is 14.8. The van der Waals surface area contributed by atoms with Crippen LogP contribution in [0.1, 0.15) is 19.8 Å². The Morgan fingerprint density at radius 2 is 1.76 bits per heavy atom. The van der Waals surface area contributed by atoms with Crippen LogP contribution >= 0.6 is 10.9 Å². The summed E-state index contributed by atoms with van der Waals surface area (Å²) >= 11 is 0. The molecule has 0 unspecified atom stereocenters. The van der Waals surface area contributed by atoms with Crippen LogP contribution in [0, 0.1) is 0 Å². The average molecular weight is 300 g/mol. The quantitative estimate of drug-likeness (QED) is 0.391. The summed E-state index contributed by atoms with van der Waals surface area (Å²) in [5.41, 5.74) is 0.420. The molecule has 2 aromatic rings. The first kappa shape index (κ1) is 14.2. The van der Waals surface area contributed by atoms with Crippen molar-refractivity contribution in [1.82, 2.24) is 0 Å². The molecule has 0 N–H and O–H groups in total. The summed E-state index contributed by atoms with van der Waals surface area (Å²) in [7, 11) is -0.0432. The first-order chi connectivity index (χ1) is 10.2. The molecule has 0 bridgehead atoms. The molecule has 0 spiro atoms. The molecule has 3 heteroatoms. The topological polar surface area (TPSA) is 26.3 Å². The Kier molecular flexibility index (Phi) is 4.02. The van der Waals surface area contributed by atoms with Crippen LogP contribution in [0.25, 0.3) is 10.8 Å². The van der Waals surface area contributed by atoms with E-state index in [2.05, 4.69) is 24.8 Å². The molecule has 1 fully saturated rings. The van der Waals surface area contributed by atoms with Crippen molar-refractivity contribution in [3.63, 3.8) is 0 Å². The number of carbonyl (C=O) groups is 1. The molecule has 1 aliphatic heterocycles. The Morgan fingerprint density at radius 3 is 2.43 bits per heavy atom. The van der Waals surface area contributed by atoms with E-state index in [1.165, 1.54) is 34.6 Å². The number of hydrogen-bond acceptors (Lipinski definition) is 2. The van der Waals surface area contributed by atoms with Crippen molar-refractivity contribution in [2.45, 2.75) is 24.7 Å². The van der Waals surface area contributed by atoms with Crippen molar-refractivity contribution in [2.75, 3.05) is 11.5 Å². The number of hydrogen-bond donors (Lipinski definition) is 1. The van der Waals surface area contributed by atoms with Crippen LogP contribution in [0.3, 0.4) is 0 Å². The van der Waals surface area contributed by atoms with E-state index in [-0.39, 0.29) is 16.9 Å². The Morgan fingerprint density at radius 1 is 1.10 bits per heavy atom. The molecule has 0 amide bonds. The molecule has 110 valence electrons. The van der Waals surface area contributed by atoms with Gasteiger partial charge in [0, 0.05) is 11.0 Å². The summed E-state index contributed by atoms with van der Waals surface area (Å²) in [6, 6.07) is 12.3. The molecule has 2 aromatic carbocycles. The van der Waals surface area contributed by atoms with Gasteiger partial charge in [-0.2, -0.15) is 0 Å². The predicted molar refractivity (Wildman–Crippen MR) is 90.6 cm³/mol. The number of fused-ring (bicyclic) bond motifs is 1. The van der Waals surface area contributed by atoms with Gasteiger partial charge in [-0.15, -0.1) is 0 Å². The molecule has 0 aliphatic carbocycles. The zero-order valence-electron chi connectivity index (χ0n) is 12.3. The first-order valence-electron chi connectivity index (χ1n) is 7.31. The lowest BCUT2D eigenvalue weighted by molar-refractivity contribution is -0.129. The Bertz CT molecular complexity index is 699. The fourth-order valence-corrected chi connectivity index (χ4v) is 5.50. The summed E-state index contributed by atoms with van der Waals surface area (Å²) in [5, 5.41) is 2.26. The van der Waals surface area contributed by atoms with E-state index in [1.54, 1.807) is 6.92 Å². The number of ether oxygens (including phenoxy) is 1. The normalized spacial score (nSPS) is 16.1. The molecule has 2 nitrogen and oxygen atoms in total. The van der Waals surface area contributed by atoms with Crippen LogP contribution in [-0.2, 0) is 4.79 Å². The highest BCUT2D eigenvalue weighted by molar-refractivity contribution is 8.17. The lowest BCUT2D eigenvalue weighted by Gasteiger charge is -2.18. The van der Waals surface area contributed by atoms with Crippen LogP contribution < -0.4 is 4.74 Å². The number of benzene rings is 2. The Hall–Kier alpha value is -1.74.